The summed E-state index contributed by atoms with van der Waals surface area (Å²) in [6.07, 6.45) is -3.84. The van der Waals surface area contributed by atoms with Crippen molar-refractivity contribution in [3.8, 4) is 5.75 Å². The summed E-state index contributed by atoms with van der Waals surface area (Å²) < 4.78 is 66.0. The predicted octanol–water partition coefficient (Wildman–Crippen LogP) is 3.45. The number of hydrogen-bond donors (Lipinski definition) is 1. The van der Waals surface area contributed by atoms with E-state index in [1.54, 1.807) is 0 Å². The molecule has 0 aliphatic rings. The molecule has 2 N–H and O–H groups in total. The first-order chi connectivity index (χ1) is 7.74. The summed E-state index contributed by atoms with van der Waals surface area (Å²) in [7, 11) is 0. The highest BCUT2D eigenvalue weighted by molar-refractivity contribution is 9.10. The Bertz CT molecular complexity index is 413. The molecule has 0 radical (unpaired) electrons. The first-order valence-corrected chi connectivity index (χ1v) is 5.06. The molecule has 0 bridgehead atoms. The topological polar surface area (TPSA) is 35.2 Å². The molecule has 1 aromatic rings. The van der Waals surface area contributed by atoms with E-state index in [9.17, 15) is 22.0 Å². The number of halogens is 6. The number of alkyl halides is 4. The molecule has 0 saturated heterocycles. The molecule has 0 aliphatic heterocycles. The van der Waals surface area contributed by atoms with Gasteiger partial charge in [-0.15, -0.1) is 0 Å². The summed E-state index contributed by atoms with van der Waals surface area (Å²) in [6.45, 7) is -1.53. The lowest BCUT2D eigenvalue weighted by atomic mass is 10.3. The molecule has 0 aliphatic carbocycles. The van der Waals surface area contributed by atoms with Gasteiger partial charge in [0.1, 0.15) is 11.6 Å². The summed E-state index contributed by atoms with van der Waals surface area (Å²) in [4.78, 5) is 0. The quantitative estimate of drug-likeness (QED) is 0.681. The predicted molar refractivity (Wildman–Crippen MR) is 55.0 cm³/mol. The highest BCUT2D eigenvalue weighted by atomic mass is 79.9. The molecule has 96 valence electrons. The van der Waals surface area contributed by atoms with Gasteiger partial charge in [0.05, 0.1) is 10.2 Å². The molecule has 8 heteroatoms. The minimum absolute atomic E-state index is 0.0675. The van der Waals surface area contributed by atoms with Crippen LogP contribution >= 0.6 is 15.9 Å². The Morgan fingerprint density at radius 1 is 1.35 bits per heavy atom. The van der Waals surface area contributed by atoms with Crippen molar-refractivity contribution in [1.82, 2.24) is 0 Å². The van der Waals surface area contributed by atoms with Crippen LogP contribution in [0.4, 0.5) is 27.6 Å². The van der Waals surface area contributed by atoms with Crippen LogP contribution in [0.2, 0.25) is 0 Å². The average molecular weight is 320 g/mol. The number of nitrogens with two attached hydrogens (primary N) is 1. The number of nitrogen functional groups attached to an aromatic ring is 1. The Morgan fingerprint density at radius 3 is 2.47 bits per heavy atom. The first-order valence-electron chi connectivity index (χ1n) is 4.27. The molecule has 1 aromatic carbocycles. The zero-order valence-electron chi connectivity index (χ0n) is 8.19. The third-order valence-electron chi connectivity index (χ3n) is 1.79. The minimum atomic E-state index is -4.28. The summed E-state index contributed by atoms with van der Waals surface area (Å²) in [5.41, 5.74) is 5.02. The largest absolute Gasteiger partial charge is 0.485 e. The van der Waals surface area contributed by atoms with Crippen LogP contribution in [-0.2, 0) is 0 Å². The second-order valence-corrected chi connectivity index (χ2v) is 4.01. The van der Waals surface area contributed by atoms with Gasteiger partial charge in [-0.25, -0.2) is 13.2 Å². The van der Waals surface area contributed by atoms with E-state index in [1.807, 2.05) is 0 Å². The molecule has 0 atom stereocenters. The summed E-state index contributed by atoms with van der Waals surface area (Å²) in [6, 6.07) is 1.83. The molecule has 17 heavy (non-hydrogen) atoms. The van der Waals surface area contributed by atoms with Crippen molar-refractivity contribution >= 4 is 21.6 Å². The second kappa shape index (κ2) is 5.07. The van der Waals surface area contributed by atoms with Crippen molar-refractivity contribution in [3.63, 3.8) is 0 Å². The molecule has 1 rings (SSSR count). The third kappa shape index (κ3) is 3.45. The minimum Gasteiger partial charge on any atom is -0.485 e. The van der Waals surface area contributed by atoms with Gasteiger partial charge in [-0.2, -0.15) is 8.78 Å². The standard InChI is InChI=1S/C9H7BrF5NO/c10-4-1-7(6(16)2-5(4)11)17-3-9(14,15)8(12)13/h1-2,8H,3,16H2. The van der Waals surface area contributed by atoms with Crippen molar-refractivity contribution in [2.75, 3.05) is 12.3 Å². The van der Waals surface area contributed by atoms with Crippen molar-refractivity contribution in [1.29, 1.82) is 0 Å². The van der Waals surface area contributed by atoms with Gasteiger partial charge in [0, 0.05) is 6.07 Å². The van der Waals surface area contributed by atoms with Crippen molar-refractivity contribution in [2.45, 2.75) is 12.3 Å². The maximum absolute atomic E-state index is 12.9. The van der Waals surface area contributed by atoms with Crippen LogP contribution in [0.3, 0.4) is 0 Å². The number of benzene rings is 1. The third-order valence-corrected chi connectivity index (χ3v) is 2.40. The SMILES string of the molecule is Nc1cc(F)c(Br)cc1OCC(F)(F)C(F)F. The van der Waals surface area contributed by atoms with Crippen LogP contribution in [0.25, 0.3) is 0 Å². The molecular weight excluding hydrogens is 313 g/mol. The second-order valence-electron chi connectivity index (χ2n) is 3.15. The molecule has 0 unspecified atom stereocenters. The van der Waals surface area contributed by atoms with Gasteiger partial charge in [-0.1, -0.05) is 0 Å². The lowest BCUT2D eigenvalue weighted by Gasteiger charge is -2.17. The van der Waals surface area contributed by atoms with Gasteiger partial charge in [0.25, 0.3) is 0 Å². The van der Waals surface area contributed by atoms with E-state index < -0.39 is 24.8 Å². The van der Waals surface area contributed by atoms with Gasteiger partial charge >= 0.3 is 12.3 Å². The van der Waals surface area contributed by atoms with Crippen LogP contribution < -0.4 is 10.5 Å². The molecule has 0 amide bonds. The Morgan fingerprint density at radius 2 is 1.94 bits per heavy atom. The van der Waals surface area contributed by atoms with Gasteiger partial charge in [0.2, 0.25) is 0 Å². The average Bonchev–Trinajstić information content (AvgIpc) is 2.21. The van der Waals surface area contributed by atoms with Crippen molar-refractivity contribution in [2.24, 2.45) is 0 Å². The lowest BCUT2D eigenvalue weighted by molar-refractivity contribution is -0.148. The zero-order valence-corrected chi connectivity index (χ0v) is 9.78. The van der Waals surface area contributed by atoms with Gasteiger partial charge in [0.15, 0.2) is 6.61 Å². The molecule has 0 heterocycles. The maximum atomic E-state index is 12.9. The highest BCUT2D eigenvalue weighted by Crippen LogP contribution is 2.31. The number of anilines is 1. The van der Waals surface area contributed by atoms with E-state index in [0.717, 1.165) is 12.1 Å². The fourth-order valence-corrected chi connectivity index (χ4v) is 1.23. The van der Waals surface area contributed by atoms with Crippen LogP contribution in [0.1, 0.15) is 0 Å². The van der Waals surface area contributed by atoms with E-state index in [0.29, 0.717) is 0 Å². The number of hydrogen-bond acceptors (Lipinski definition) is 2. The normalized spacial score (nSPS) is 11.9. The summed E-state index contributed by atoms with van der Waals surface area (Å²) >= 11 is 2.78. The highest BCUT2D eigenvalue weighted by Gasteiger charge is 2.41. The van der Waals surface area contributed by atoms with Gasteiger partial charge in [-0.3, -0.25) is 0 Å². The molecule has 0 aromatic heterocycles. The van der Waals surface area contributed by atoms with E-state index in [4.69, 9.17) is 5.73 Å². The number of rotatable bonds is 4. The molecule has 2 nitrogen and oxygen atoms in total. The summed E-state index contributed by atoms with van der Waals surface area (Å²) in [5.74, 6) is -5.29. The summed E-state index contributed by atoms with van der Waals surface area (Å²) in [5, 5.41) is 0. The Labute approximate surface area is 102 Å². The molecule has 0 spiro atoms. The first kappa shape index (κ1) is 14.0. The van der Waals surface area contributed by atoms with Gasteiger partial charge < -0.3 is 10.5 Å². The Hall–Kier alpha value is -1.05. The van der Waals surface area contributed by atoms with E-state index >= 15 is 0 Å². The van der Waals surface area contributed by atoms with Crippen LogP contribution in [0, 0.1) is 5.82 Å². The monoisotopic (exact) mass is 319 g/mol. The Kier molecular flexibility index (Phi) is 4.18. The fraction of sp³-hybridized carbons (Fsp3) is 0.333. The fourth-order valence-electron chi connectivity index (χ4n) is 0.906. The van der Waals surface area contributed by atoms with E-state index in [2.05, 4.69) is 20.7 Å². The van der Waals surface area contributed by atoms with Crippen LogP contribution in [0.5, 0.6) is 5.75 Å². The van der Waals surface area contributed by atoms with E-state index in [-0.39, 0.29) is 15.9 Å². The van der Waals surface area contributed by atoms with E-state index in [1.165, 1.54) is 0 Å². The smallest absolute Gasteiger partial charge is 0.340 e. The molecule has 0 fully saturated rings. The maximum Gasteiger partial charge on any atom is 0.340 e. The lowest BCUT2D eigenvalue weighted by Crippen LogP contribution is -2.33. The van der Waals surface area contributed by atoms with Crippen molar-refractivity contribution < 1.29 is 26.7 Å². The van der Waals surface area contributed by atoms with Gasteiger partial charge in [-0.05, 0) is 22.0 Å². The number of ether oxygens (including phenoxy) is 1. The van der Waals surface area contributed by atoms with Crippen LogP contribution in [0.15, 0.2) is 16.6 Å². The molecular formula is C9H7BrF5NO. The zero-order chi connectivity index (χ0) is 13.2. The van der Waals surface area contributed by atoms with Crippen LogP contribution in [-0.4, -0.2) is 19.0 Å². The van der Waals surface area contributed by atoms with Crippen molar-refractivity contribution in [3.05, 3.63) is 22.4 Å². The molecule has 0 saturated carbocycles. The Balaban J connectivity index is 2.80.